The maximum atomic E-state index is 12.3. The molecule has 1 N–H and O–H groups in total. The van der Waals surface area contributed by atoms with Crippen LogP contribution in [0.1, 0.15) is 37.3 Å². The average Bonchev–Trinajstić information content (AvgIpc) is 3.05. The molecule has 0 aromatic heterocycles. The second kappa shape index (κ2) is 6.39. The molecule has 4 nitrogen and oxygen atoms in total. The molecule has 120 valence electrons. The molecule has 2 saturated carbocycles. The maximum Gasteiger partial charge on any atom is 0.327 e. The summed E-state index contributed by atoms with van der Waals surface area (Å²) in [6.07, 6.45) is 3.86. The van der Waals surface area contributed by atoms with Crippen molar-refractivity contribution < 1.29 is 14.6 Å². The van der Waals surface area contributed by atoms with Crippen molar-refractivity contribution in [1.82, 2.24) is 4.90 Å². The molecule has 0 saturated heterocycles. The van der Waals surface area contributed by atoms with Gasteiger partial charge in [-0.1, -0.05) is 30.3 Å². The molecule has 2 fully saturated rings. The van der Waals surface area contributed by atoms with Crippen molar-refractivity contribution in [3.8, 4) is 0 Å². The van der Waals surface area contributed by atoms with Gasteiger partial charge in [0, 0.05) is 6.04 Å². The third-order valence-corrected chi connectivity index (χ3v) is 5.49. The predicted octanol–water partition coefficient (Wildman–Crippen LogP) is 2.38. The standard InChI is InChI=1S/C18H25NO3/c1-19(15-8-13-10-16(20)11-14(13)9-15)17(18(21)22-2)12-6-4-3-5-7-12/h3-7,13-17,20H,8-11H2,1-2H3/t13-,14+,15?,16?,17?. The van der Waals surface area contributed by atoms with Gasteiger partial charge in [-0.25, -0.2) is 4.79 Å². The summed E-state index contributed by atoms with van der Waals surface area (Å²) in [5, 5.41) is 9.79. The number of aliphatic hydroxyl groups is 1. The topological polar surface area (TPSA) is 49.8 Å². The lowest BCUT2D eigenvalue weighted by molar-refractivity contribution is -0.147. The highest BCUT2D eigenvalue weighted by molar-refractivity contribution is 5.77. The molecule has 3 unspecified atom stereocenters. The van der Waals surface area contributed by atoms with Gasteiger partial charge in [-0.15, -0.1) is 0 Å². The minimum atomic E-state index is -0.347. The number of methoxy groups -OCH3 is 1. The summed E-state index contributed by atoms with van der Waals surface area (Å²) in [4.78, 5) is 14.5. The molecule has 5 atom stereocenters. The van der Waals surface area contributed by atoms with Crippen LogP contribution in [-0.2, 0) is 9.53 Å². The van der Waals surface area contributed by atoms with Crippen LogP contribution in [0.25, 0.3) is 0 Å². The van der Waals surface area contributed by atoms with Crippen molar-refractivity contribution in [2.45, 2.75) is 43.9 Å². The number of ether oxygens (including phenoxy) is 1. The lowest BCUT2D eigenvalue weighted by Crippen LogP contribution is -2.38. The summed E-state index contributed by atoms with van der Waals surface area (Å²) >= 11 is 0. The third-order valence-electron chi connectivity index (χ3n) is 5.49. The van der Waals surface area contributed by atoms with Crippen molar-refractivity contribution in [3.63, 3.8) is 0 Å². The van der Waals surface area contributed by atoms with Crippen LogP contribution in [0.3, 0.4) is 0 Å². The van der Waals surface area contributed by atoms with Gasteiger partial charge in [0.15, 0.2) is 0 Å². The molecule has 3 rings (SSSR count). The fourth-order valence-corrected chi connectivity index (χ4v) is 4.38. The Morgan fingerprint density at radius 1 is 1.18 bits per heavy atom. The van der Waals surface area contributed by atoms with Crippen molar-refractivity contribution in [2.24, 2.45) is 11.8 Å². The molecule has 0 heterocycles. The summed E-state index contributed by atoms with van der Waals surface area (Å²) in [7, 11) is 3.47. The van der Waals surface area contributed by atoms with Crippen LogP contribution in [-0.4, -0.2) is 42.3 Å². The fraction of sp³-hybridized carbons (Fsp3) is 0.611. The van der Waals surface area contributed by atoms with Gasteiger partial charge >= 0.3 is 5.97 Å². The third kappa shape index (κ3) is 2.90. The van der Waals surface area contributed by atoms with Crippen LogP contribution in [0.15, 0.2) is 30.3 Å². The SMILES string of the molecule is COC(=O)C(c1ccccc1)N(C)C1C[C@H]2CC(O)C[C@H]2C1. The minimum Gasteiger partial charge on any atom is -0.468 e. The van der Waals surface area contributed by atoms with E-state index in [9.17, 15) is 9.90 Å². The molecule has 1 aromatic rings. The Balaban J connectivity index is 1.76. The average molecular weight is 303 g/mol. The minimum absolute atomic E-state index is 0.119. The maximum absolute atomic E-state index is 12.3. The highest BCUT2D eigenvalue weighted by Gasteiger charge is 2.44. The van der Waals surface area contributed by atoms with E-state index in [4.69, 9.17) is 4.74 Å². The zero-order chi connectivity index (χ0) is 15.7. The van der Waals surface area contributed by atoms with Crippen molar-refractivity contribution in [3.05, 3.63) is 35.9 Å². The summed E-state index contributed by atoms with van der Waals surface area (Å²) in [6.45, 7) is 0. The van der Waals surface area contributed by atoms with Gasteiger partial charge < -0.3 is 9.84 Å². The smallest absolute Gasteiger partial charge is 0.327 e. The molecule has 0 aliphatic heterocycles. The first-order chi connectivity index (χ1) is 10.6. The Labute approximate surface area is 132 Å². The summed E-state index contributed by atoms with van der Waals surface area (Å²) < 4.78 is 5.04. The van der Waals surface area contributed by atoms with E-state index >= 15 is 0 Å². The summed E-state index contributed by atoms with van der Waals surface area (Å²) in [6, 6.07) is 9.87. The lowest BCUT2D eigenvalue weighted by atomic mass is 10.0. The van der Waals surface area contributed by atoms with Gasteiger partial charge in [0.1, 0.15) is 6.04 Å². The Morgan fingerprint density at radius 3 is 2.32 bits per heavy atom. The molecular weight excluding hydrogens is 278 g/mol. The molecule has 2 aliphatic carbocycles. The van der Waals surface area contributed by atoms with Gasteiger partial charge in [-0.05, 0) is 50.1 Å². The molecule has 22 heavy (non-hydrogen) atoms. The van der Waals surface area contributed by atoms with Crippen LogP contribution in [0.2, 0.25) is 0 Å². The Kier molecular flexibility index (Phi) is 4.50. The van der Waals surface area contributed by atoms with Gasteiger partial charge in [0.2, 0.25) is 0 Å². The zero-order valence-electron chi connectivity index (χ0n) is 13.3. The van der Waals surface area contributed by atoms with Crippen LogP contribution in [0, 0.1) is 11.8 Å². The van der Waals surface area contributed by atoms with Crippen molar-refractivity contribution >= 4 is 5.97 Å². The van der Waals surface area contributed by atoms with Gasteiger partial charge in [-0.3, -0.25) is 4.90 Å². The Hall–Kier alpha value is -1.39. The van der Waals surface area contributed by atoms with E-state index in [0.717, 1.165) is 31.2 Å². The van der Waals surface area contributed by atoms with E-state index in [1.807, 2.05) is 37.4 Å². The predicted molar refractivity (Wildman–Crippen MR) is 84.2 cm³/mol. The normalized spacial score (nSPS) is 32.0. The lowest BCUT2D eigenvalue weighted by Gasteiger charge is -2.32. The molecule has 1 aromatic carbocycles. The Morgan fingerprint density at radius 2 is 1.77 bits per heavy atom. The number of carbonyl (C=O) groups is 1. The van der Waals surface area contributed by atoms with E-state index < -0.39 is 0 Å². The van der Waals surface area contributed by atoms with Crippen molar-refractivity contribution in [2.75, 3.05) is 14.2 Å². The number of hydrogen-bond acceptors (Lipinski definition) is 4. The first-order valence-corrected chi connectivity index (χ1v) is 8.13. The number of benzene rings is 1. The van der Waals surface area contributed by atoms with Crippen LogP contribution >= 0.6 is 0 Å². The number of nitrogens with zero attached hydrogens (tertiary/aromatic N) is 1. The summed E-state index contributed by atoms with van der Waals surface area (Å²) in [5.74, 6) is 1.01. The molecule has 0 radical (unpaired) electrons. The van der Waals surface area contributed by atoms with E-state index in [-0.39, 0.29) is 18.1 Å². The molecule has 2 aliphatic rings. The van der Waals surface area contributed by atoms with E-state index in [0.29, 0.717) is 17.9 Å². The van der Waals surface area contributed by atoms with E-state index in [2.05, 4.69) is 4.90 Å². The number of fused-ring (bicyclic) bond motifs is 1. The molecule has 0 bridgehead atoms. The number of rotatable bonds is 4. The molecule has 0 amide bonds. The number of aliphatic hydroxyl groups excluding tert-OH is 1. The first-order valence-electron chi connectivity index (χ1n) is 8.13. The first kappa shape index (κ1) is 15.5. The highest BCUT2D eigenvalue weighted by atomic mass is 16.5. The summed E-state index contributed by atoms with van der Waals surface area (Å²) in [5.41, 5.74) is 0.981. The molecule has 4 heteroatoms. The zero-order valence-corrected chi connectivity index (χ0v) is 13.3. The second-order valence-electron chi connectivity index (χ2n) is 6.77. The van der Waals surface area contributed by atoms with Crippen LogP contribution < -0.4 is 0 Å². The van der Waals surface area contributed by atoms with Gasteiger partial charge in [-0.2, -0.15) is 0 Å². The second-order valence-corrected chi connectivity index (χ2v) is 6.77. The van der Waals surface area contributed by atoms with Crippen molar-refractivity contribution in [1.29, 1.82) is 0 Å². The molecule has 0 spiro atoms. The van der Waals surface area contributed by atoms with Crippen LogP contribution in [0.5, 0.6) is 0 Å². The fourth-order valence-electron chi connectivity index (χ4n) is 4.38. The van der Waals surface area contributed by atoms with Gasteiger partial charge in [0.25, 0.3) is 0 Å². The van der Waals surface area contributed by atoms with Gasteiger partial charge in [0.05, 0.1) is 13.2 Å². The number of hydrogen-bond donors (Lipinski definition) is 1. The molecular formula is C18H25NO3. The number of carbonyl (C=O) groups excluding carboxylic acids is 1. The monoisotopic (exact) mass is 303 g/mol. The number of esters is 1. The van der Waals surface area contributed by atoms with Crippen LogP contribution in [0.4, 0.5) is 0 Å². The van der Waals surface area contributed by atoms with E-state index in [1.165, 1.54) is 7.11 Å². The largest absolute Gasteiger partial charge is 0.468 e. The van der Waals surface area contributed by atoms with E-state index in [1.54, 1.807) is 0 Å². The highest BCUT2D eigenvalue weighted by Crippen LogP contribution is 2.46. The Bertz CT molecular complexity index is 504. The number of likely N-dealkylation sites (N-methyl/N-ethyl adjacent to an activating group) is 1. The quantitative estimate of drug-likeness (QED) is 0.868.